The third-order valence-electron chi connectivity index (χ3n) is 2.51. The van der Waals surface area contributed by atoms with Crippen molar-refractivity contribution in [3.63, 3.8) is 0 Å². The van der Waals surface area contributed by atoms with Gasteiger partial charge < -0.3 is 5.32 Å². The van der Waals surface area contributed by atoms with E-state index in [1.807, 2.05) is 11.3 Å². The van der Waals surface area contributed by atoms with E-state index >= 15 is 0 Å². The molecule has 0 radical (unpaired) electrons. The second-order valence-electron chi connectivity index (χ2n) is 3.30. The van der Waals surface area contributed by atoms with Crippen LogP contribution in [0.25, 0.3) is 0 Å². The number of fused-ring (bicyclic) bond motifs is 3. The maximum Gasteiger partial charge on any atom is 0.0530 e. The van der Waals surface area contributed by atoms with Crippen LogP contribution in [0.2, 0.25) is 0 Å². The van der Waals surface area contributed by atoms with E-state index in [4.69, 9.17) is 0 Å². The summed E-state index contributed by atoms with van der Waals surface area (Å²) < 4.78 is 1.20. The van der Waals surface area contributed by atoms with Crippen molar-refractivity contribution in [1.82, 2.24) is 0 Å². The minimum absolute atomic E-state index is 0.594. The standard InChI is InChI=1S/C10H8BrNS/c11-6-1-2-7-9(5-6)12-8-3-4-13-10(7)8/h1,3-5,7,12H,2H2. The number of anilines is 1. The van der Waals surface area contributed by atoms with Crippen LogP contribution >= 0.6 is 27.3 Å². The van der Waals surface area contributed by atoms with Gasteiger partial charge in [0.1, 0.15) is 0 Å². The van der Waals surface area contributed by atoms with E-state index in [-0.39, 0.29) is 0 Å². The number of nitrogens with one attached hydrogen (secondary N) is 1. The highest BCUT2D eigenvalue weighted by atomic mass is 79.9. The number of hydrogen-bond acceptors (Lipinski definition) is 2. The lowest BCUT2D eigenvalue weighted by Gasteiger charge is -2.14. The number of rotatable bonds is 0. The molecule has 1 aromatic rings. The Hall–Kier alpha value is -0.540. The molecule has 1 unspecified atom stereocenters. The molecule has 3 rings (SSSR count). The predicted molar refractivity (Wildman–Crippen MR) is 60.4 cm³/mol. The maximum absolute atomic E-state index is 3.51. The third-order valence-corrected chi connectivity index (χ3v) is 4.09. The largest absolute Gasteiger partial charge is 0.357 e. The summed E-state index contributed by atoms with van der Waals surface area (Å²) in [6.07, 6.45) is 5.54. The van der Waals surface area contributed by atoms with Crippen LogP contribution in [0.1, 0.15) is 17.2 Å². The van der Waals surface area contributed by atoms with Crippen LogP contribution in [0.5, 0.6) is 0 Å². The normalized spacial score (nSPS) is 24.2. The monoisotopic (exact) mass is 253 g/mol. The first-order chi connectivity index (χ1) is 6.34. The molecular formula is C10H8BrNS. The Morgan fingerprint density at radius 1 is 1.54 bits per heavy atom. The summed E-state index contributed by atoms with van der Waals surface area (Å²) in [6.45, 7) is 0. The molecule has 2 heterocycles. The topological polar surface area (TPSA) is 12.0 Å². The summed E-state index contributed by atoms with van der Waals surface area (Å²) in [4.78, 5) is 1.49. The van der Waals surface area contributed by atoms with Crippen molar-refractivity contribution in [1.29, 1.82) is 0 Å². The molecule has 1 N–H and O–H groups in total. The van der Waals surface area contributed by atoms with Gasteiger partial charge in [-0.2, -0.15) is 0 Å². The molecule has 2 aliphatic rings. The highest BCUT2D eigenvalue weighted by molar-refractivity contribution is 9.11. The smallest absolute Gasteiger partial charge is 0.0530 e. The number of halogens is 1. The fourth-order valence-electron chi connectivity index (χ4n) is 1.89. The summed E-state index contributed by atoms with van der Waals surface area (Å²) in [5.74, 6) is 0.594. The zero-order valence-corrected chi connectivity index (χ0v) is 9.28. The molecule has 13 heavy (non-hydrogen) atoms. The number of allylic oxidation sites excluding steroid dienone is 4. The van der Waals surface area contributed by atoms with Crippen molar-refractivity contribution in [2.24, 2.45) is 0 Å². The van der Waals surface area contributed by atoms with E-state index in [2.05, 4.69) is 44.8 Å². The summed E-state index contributed by atoms with van der Waals surface area (Å²) in [5, 5.41) is 5.60. The minimum atomic E-state index is 0.594. The molecule has 0 saturated carbocycles. The van der Waals surface area contributed by atoms with Crippen LogP contribution in [0.3, 0.4) is 0 Å². The van der Waals surface area contributed by atoms with Gasteiger partial charge in [0.15, 0.2) is 0 Å². The molecule has 1 aromatic heterocycles. The molecule has 1 aliphatic heterocycles. The average molecular weight is 254 g/mol. The van der Waals surface area contributed by atoms with Crippen LogP contribution in [0.15, 0.2) is 33.8 Å². The Bertz CT molecular complexity index is 416. The second-order valence-corrected chi connectivity index (χ2v) is 5.16. The lowest BCUT2D eigenvalue weighted by Crippen LogP contribution is -2.02. The fraction of sp³-hybridized carbons (Fsp3) is 0.200. The Morgan fingerprint density at radius 3 is 3.38 bits per heavy atom. The van der Waals surface area contributed by atoms with E-state index in [0.717, 1.165) is 6.42 Å². The maximum atomic E-state index is 3.51. The Kier molecular flexibility index (Phi) is 1.64. The van der Waals surface area contributed by atoms with Gasteiger partial charge in [-0.05, 0) is 23.9 Å². The quantitative estimate of drug-likeness (QED) is 0.742. The van der Waals surface area contributed by atoms with Gasteiger partial charge in [0, 0.05) is 21.0 Å². The lowest BCUT2D eigenvalue weighted by molar-refractivity contribution is 0.848. The predicted octanol–water partition coefficient (Wildman–Crippen LogP) is 3.82. The fourth-order valence-corrected chi connectivity index (χ4v) is 3.30. The molecule has 0 spiro atoms. The van der Waals surface area contributed by atoms with Crippen LogP contribution in [-0.2, 0) is 0 Å². The molecule has 1 nitrogen and oxygen atoms in total. The SMILES string of the molecule is BrC1=CCC2C(=C1)Nc1ccsc12. The van der Waals surface area contributed by atoms with Crippen molar-refractivity contribution >= 4 is 33.0 Å². The van der Waals surface area contributed by atoms with Gasteiger partial charge in [-0.3, -0.25) is 0 Å². The summed E-state index contributed by atoms with van der Waals surface area (Å²) in [7, 11) is 0. The average Bonchev–Trinajstić information content (AvgIpc) is 2.62. The van der Waals surface area contributed by atoms with Gasteiger partial charge >= 0.3 is 0 Å². The van der Waals surface area contributed by atoms with Crippen LogP contribution in [0.4, 0.5) is 5.69 Å². The van der Waals surface area contributed by atoms with E-state index < -0.39 is 0 Å². The van der Waals surface area contributed by atoms with E-state index in [1.165, 1.54) is 20.7 Å². The van der Waals surface area contributed by atoms with Crippen LogP contribution < -0.4 is 5.32 Å². The third kappa shape index (κ3) is 1.11. The van der Waals surface area contributed by atoms with Crippen LogP contribution in [0, 0.1) is 0 Å². The molecule has 3 heteroatoms. The highest BCUT2D eigenvalue weighted by Gasteiger charge is 2.29. The van der Waals surface area contributed by atoms with Crippen molar-refractivity contribution < 1.29 is 0 Å². The first-order valence-corrected chi connectivity index (χ1v) is 5.93. The summed E-state index contributed by atoms with van der Waals surface area (Å²) in [5.41, 5.74) is 2.65. The first kappa shape index (κ1) is 7.83. The van der Waals surface area contributed by atoms with E-state index in [1.54, 1.807) is 0 Å². The van der Waals surface area contributed by atoms with E-state index in [9.17, 15) is 0 Å². The molecular weight excluding hydrogens is 246 g/mol. The van der Waals surface area contributed by atoms with Gasteiger partial charge in [0.05, 0.1) is 5.69 Å². The molecule has 0 aromatic carbocycles. The van der Waals surface area contributed by atoms with Gasteiger partial charge in [-0.1, -0.05) is 22.0 Å². The van der Waals surface area contributed by atoms with Crippen molar-refractivity contribution in [3.8, 4) is 0 Å². The highest BCUT2D eigenvalue weighted by Crippen LogP contribution is 2.46. The lowest BCUT2D eigenvalue weighted by atomic mass is 9.98. The van der Waals surface area contributed by atoms with Crippen LogP contribution in [-0.4, -0.2) is 0 Å². The molecule has 66 valence electrons. The van der Waals surface area contributed by atoms with Crippen molar-refractivity contribution in [2.45, 2.75) is 12.3 Å². The van der Waals surface area contributed by atoms with Crippen molar-refractivity contribution in [3.05, 3.63) is 38.7 Å². The molecule has 0 bridgehead atoms. The van der Waals surface area contributed by atoms with E-state index in [0.29, 0.717) is 5.92 Å². The molecule has 0 fully saturated rings. The second kappa shape index (κ2) is 2.72. The van der Waals surface area contributed by atoms with Gasteiger partial charge in [0.2, 0.25) is 0 Å². The number of thiophene rings is 1. The zero-order chi connectivity index (χ0) is 8.84. The first-order valence-electron chi connectivity index (χ1n) is 4.26. The summed E-state index contributed by atoms with van der Waals surface area (Å²) in [6, 6.07) is 2.16. The minimum Gasteiger partial charge on any atom is -0.357 e. The van der Waals surface area contributed by atoms with Gasteiger partial charge in [0.25, 0.3) is 0 Å². The van der Waals surface area contributed by atoms with Gasteiger partial charge in [-0.15, -0.1) is 11.3 Å². The zero-order valence-electron chi connectivity index (χ0n) is 6.88. The molecule has 1 aliphatic carbocycles. The Morgan fingerprint density at radius 2 is 2.46 bits per heavy atom. The summed E-state index contributed by atoms with van der Waals surface area (Å²) >= 11 is 5.36. The molecule has 0 amide bonds. The number of hydrogen-bond donors (Lipinski definition) is 1. The molecule has 1 atom stereocenters. The van der Waals surface area contributed by atoms with Gasteiger partial charge in [-0.25, -0.2) is 0 Å². The van der Waals surface area contributed by atoms with Crippen molar-refractivity contribution in [2.75, 3.05) is 5.32 Å². The Labute approximate surface area is 89.3 Å². The molecule has 0 saturated heterocycles. The Balaban J connectivity index is 2.08.